The molecule has 4 heteroatoms. The Morgan fingerprint density at radius 1 is 1.31 bits per heavy atom. The molecule has 0 aromatic carbocycles. The highest BCUT2D eigenvalue weighted by Gasteiger charge is 2.39. The second-order valence-corrected chi connectivity index (χ2v) is 10.1. The van der Waals surface area contributed by atoms with E-state index in [0.717, 1.165) is 32.5 Å². The highest BCUT2D eigenvalue weighted by molar-refractivity contribution is 6.69. The Kier molecular flexibility index (Phi) is 4.54. The van der Waals surface area contributed by atoms with Gasteiger partial charge in [0.15, 0.2) is 8.32 Å². The minimum Gasteiger partial charge on any atom is -0.400 e. The maximum Gasteiger partial charge on any atom is 0.185 e. The Balaban J connectivity index is 2.56. The van der Waals surface area contributed by atoms with Crippen LogP contribution in [0.1, 0.15) is 26.2 Å². The van der Waals surface area contributed by atoms with Crippen LogP contribution in [0.25, 0.3) is 0 Å². The van der Waals surface area contributed by atoms with Gasteiger partial charge in [0.1, 0.15) is 5.60 Å². The highest BCUT2D eigenvalue weighted by Crippen LogP contribution is 2.29. The third-order valence-corrected chi connectivity index (χ3v) is 3.91. The van der Waals surface area contributed by atoms with Crippen molar-refractivity contribution in [3.63, 3.8) is 0 Å². The van der Waals surface area contributed by atoms with Gasteiger partial charge in [-0.25, -0.2) is 0 Å². The van der Waals surface area contributed by atoms with Crippen LogP contribution in [0.2, 0.25) is 19.6 Å². The Hall–Kier alpha value is -0.373. The minimum atomic E-state index is -1.62. The first-order valence-electron chi connectivity index (χ1n) is 6.24. The summed E-state index contributed by atoms with van der Waals surface area (Å²) in [6.45, 7) is 11.8. The van der Waals surface area contributed by atoms with Crippen molar-refractivity contribution in [3.8, 4) is 6.07 Å². The first-order chi connectivity index (χ1) is 7.41. The number of piperidine rings is 1. The summed E-state index contributed by atoms with van der Waals surface area (Å²) in [5.41, 5.74) is -0.491. The van der Waals surface area contributed by atoms with Crippen LogP contribution >= 0.6 is 0 Å². The van der Waals surface area contributed by atoms with E-state index in [4.69, 9.17) is 4.43 Å². The van der Waals surface area contributed by atoms with Gasteiger partial charge in [-0.05, 0) is 32.6 Å². The Morgan fingerprint density at radius 2 is 1.88 bits per heavy atom. The number of nitriles is 1. The van der Waals surface area contributed by atoms with Crippen LogP contribution in [-0.4, -0.2) is 38.5 Å². The number of likely N-dealkylation sites (tertiary alicyclic amines) is 1. The fraction of sp³-hybridized carbons (Fsp3) is 0.917. The molecule has 3 nitrogen and oxygen atoms in total. The molecule has 0 aromatic heterocycles. The average molecular weight is 240 g/mol. The number of rotatable bonds is 4. The van der Waals surface area contributed by atoms with E-state index in [2.05, 4.69) is 37.5 Å². The molecule has 92 valence electrons. The van der Waals surface area contributed by atoms with Crippen LogP contribution in [0.3, 0.4) is 0 Å². The van der Waals surface area contributed by atoms with Crippen molar-refractivity contribution in [2.45, 2.75) is 51.4 Å². The van der Waals surface area contributed by atoms with Crippen molar-refractivity contribution in [3.05, 3.63) is 0 Å². The molecule has 1 rings (SSSR count). The van der Waals surface area contributed by atoms with Crippen molar-refractivity contribution in [1.82, 2.24) is 4.90 Å². The summed E-state index contributed by atoms with van der Waals surface area (Å²) in [6.07, 6.45) is 2.93. The zero-order valence-electron chi connectivity index (χ0n) is 11.0. The van der Waals surface area contributed by atoms with E-state index in [1.54, 1.807) is 0 Å². The molecule has 0 N–H and O–H groups in total. The van der Waals surface area contributed by atoms with E-state index in [1.807, 2.05) is 0 Å². The molecule has 0 spiro atoms. The largest absolute Gasteiger partial charge is 0.400 e. The number of nitrogens with zero attached hydrogens (tertiary/aromatic N) is 2. The predicted molar refractivity (Wildman–Crippen MR) is 68.7 cm³/mol. The average Bonchev–Trinajstić information content (AvgIpc) is 2.19. The number of hydrogen-bond donors (Lipinski definition) is 0. The summed E-state index contributed by atoms with van der Waals surface area (Å²) < 4.78 is 6.09. The van der Waals surface area contributed by atoms with Gasteiger partial charge in [0.2, 0.25) is 0 Å². The predicted octanol–water partition coefficient (Wildman–Crippen LogP) is 2.61. The quantitative estimate of drug-likeness (QED) is 0.709. The summed E-state index contributed by atoms with van der Waals surface area (Å²) >= 11 is 0. The molecule has 0 amide bonds. The van der Waals surface area contributed by atoms with Gasteiger partial charge in [0.05, 0.1) is 6.07 Å². The summed E-state index contributed by atoms with van der Waals surface area (Å²) in [5.74, 6) is 0. The van der Waals surface area contributed by atoms with Crippen molar-refractivity contribution < 1.29 is 4.43 Å². The first-order valence-corrected chi connectivity index (χ1v) is 9.65. The van der Waals surface area contributed by atoms with Gasteiger partial charge in [-0.3, -0.25) is 0 Å². The topological polar surface area (TPSA) is 36.3 Å². The van der Waals surface area contributed by atoms with Crippen LogP contribution in [0, 0.1) is 11.3 Å². The van der Waals surface area contributed by atoms with Crippen LogP contribution in [-0.2, 0) is 4.43 Å². The number of hydrogen-bond acceptors (Lipinski definition) is 3. The molecule has 0 aromatic rings. The fourth-order valence-electron chi connectivity index (χ4n) is 2.28. The van der Waals surface area contributed by atoms with E-state index in [9.17, 15) is 5.26 Å². The minimum absolute atomic E-state index is 0.491. The van der Waals surface area contributed by atoms with E-state index in [0.29, 0.717) is 0 Å². The molecular formula is C12H24N2OSi. The maximum atomic E-state index is 9.35. The molecule has 0 radical (unpaired) electrons. The summed E-state index contributed by atoms with van der Waals surface area (Å²) in [4.78, 5) is 2.43. The summed E-state index contributed by atoms with van der Waals surface area (Å²) in [6, 6.07) is 2.42. The van der Waals surface area contributed by atoms with Gasteiger partial charge in [0, 0.05) is 25.9 Å². The van der Waals surface area contributed by atoms with Crippen molar-refractivity contribution in [2.75, 3.05) is 19.6 Å². The molecular weight excluding hydrogens is 216 g/mol. The molecule has 0 aliphatic carbocycles. The lowest BCUT2D eigenvalue weighted by atomic mass is 9.93. The highest BCUT2D eigenvalue weighted by atomic mass is 28.4. The molecule has 0 unspecified atom stereocenters. The van der Waals surface area contributed by atoms with E-state index < -0.39 is 13.9 Å². The van der Waals surface area contributed by atoms with E-state index in [-0.39, 0.29) is 0 Å². The lowest BCUT2D eigenvalue weighted by molar-refractivity contribution is 0.0405. The molecule has 1 fully saturated rings. The van der Waals surface area contributed by atoms with E-state index in [1.165, 1.54) is 6.42 Å². The molecule has 16 heavy (non-hydrogen) atoms. The van der Waals surface area contributed by atoms with Crippen molar-refractivity contribution in [2.24, 2.45) is 0 Å². The molecule has 0 saturated carbocycles. The van der Waals surface area contributed by atoms with Gasteiger partial charge >= 0.3 is 0 Å². The van der Waals surface area contributed by atoms with Crippen LogP contribution in [0.15, 0.2) is 0 Å². The zero-order chi connectivity index (χ0) is 12.2. The third kappa shape index (κ3) is 3.89. The van der Waals surface area contributed by atoms with Gasteiger partial charge in [-0.2, -0.15) is 5.26 Å². The first kappa shape index (κ1) is 13.7. The summed E-state index contributed by atoms with van der Waals surface area (Å²) in [5, 5.41) is 9.35. The monoisotopic (exact) mass is 240 g/mol. The van der Waals surface area contributed by atoms with Crippen LogP contribution < -0.4 is 0 Å². The smallest absolute Gasteiger partial charge is 0.185 e. The van der Waals surface area contributed by atoms with Crippen LogP contribution in [0.5, 0.6) is 0 Å². The summed E-state index contributed by atoms with van der Waals surface area (Å²) in [7, 11) is -1.62. The van der Waals surface area contributed by atoms with Crippen LogP contribution in [0.4, 0.5) is 0 Å². The lowest BCUT2D eigenvalue weighted by Crippen LogP contribution is -2.49. The SMILES string of the molecule is CCCN1CCC(C#N)(O[Si](C)(C)C)CC1. The normalized spacial score (nSPS) is 21.7. The molecule has 0 atom stereocenters. The maximum absolute atomic E-state index is 9.35. The van der Waals surface area contributed by atoms with Gasteiger partial charge < -0.3 is 9.33 Å². The molecule has 1 aliphatic heterocycles. The Morgan fingerprint density at radius 3 is 2.25 bits per heavy atom. The van der Waals surface area contributed by atoms with Crippen molar-refractivity contribution >= 4 is 8.32 Å². The molecule has 1 heterocycles. The van der Waals surface area contributed by atoms with Gasteiger partial charge in [0.25, 0.3) is 0 Å². The lowest BCUT2D eigenvalue weighted by Gasteiger charge is -2.40. The van der Waals surface area contributed by atoms with Gasteiger partial charge in [-0.15, -0.1) is 0 Å². The van der Waals surface area contributed by atoms with Gasteiger partial charge in [-0.1, -0.05) is 6.92 Å². The van der Waals surface area contributed by atoms with Crippen molar-refractivity contribution in [1.29, 1.82) is 5.26 Å². The zero-order valence-corrected chi connectivity index (χ0v) is 12.0. The Bertz CT molecular complexity index is 259. The standard InChI is InChI=1S/C12H24N2OSi/c1-5-8-14-9-6-12(11-13,7-10-14)15-16(2,3)4/h5-10H2,1-4H3. The van der Waals surface area contributed by atoms with E-state index >= 15 is 0 Å². The molecule has 1 aliphatic rings. The Labute approximate surface area is 101 Å². The molecule has 1 saturated heterocycles. The second-order valence-electron chi connectivity index (χ2n) is 5.66. The third-order valence-electron chi connectivity index (χ3n) is 2.91. The molecule has 0 bridgehead atoms. The second kappa shape index (κ2) is 5.31. The fourth-order valence-corrected chi connectivity index (χ4v) is 3.70.